The summed E-state index contributed by atoms with van der Waals surface area (Å²) in [6.45, 7) is 0.208. The summed E-state index contributed by atoms with van der Waals surface area (Å²) in [7, 11) is -2.54. The average molecular weight is 455 g/mol. The van der Waals surface area contributed by atoms with Crippen LogP contribution in [0.5, 0.6) is 5.75 Å². The predicted octanol–water partition coefficient (Wildman–Crippen LogP) is 3.55. The molecular formula is C22H21N3O6S. The Bertz CT molecular complexity index is 1310. The van der Waals surface area contributed by atoms with Gasteiger partial charge in [0.15, 0.2) is 0 Å². The van der Waals surface area contributed by atoms with Crippen LogP contribution in [0.1, 0.15) is 12.8 Å². The normalized spacial score (nSPS) is 16.7. The number of nitro groups is 1. The summed E-state index contributed by atoms with van der Waals surface area (Å²) >= 11 is 0. The fourth-order valence-electron chi connectivity index (χ4n) is 3.88. The molecule has 3 aromatic rings. The number of hydrogen-bond acceptors (Lipinski definition) is 6. The molecule has 10 heteroatoms. The molecule has 4 rings (SSSR count). The summed E-state index contributed by atoms with van der Waals surface area (Å²) in [6.07, 6.45) is 0.868. The van der Waals surface area contributed by atoms with Gasteiger partial charge < -0.3 is 10.1 Å². The highest BCUT2D eigenvalue weighted by Crippen LogP contribution is 2.32. The lowest BCUT2D eigenvalue weighted by Gasteiger charge is -2.24. The molecule has 0 saturated carbocycles. The van der Waals surface area contributed by atoms with Gasteiger partial charge in [0.25, 0.3) is 5.69 Å². The molecule has 0 unspecified atom stereocenters. The second-order valence-corrected chi connectivity index (χ2v) is 9.30. The van der Waals surface area contributed by atoms with Crippen molar-refractivity contribution in [3.05, 3.63) is 70.8 Å². The van der Waals surface area contributed by atoms with E-state index < -0.39 is 26.9 Å². The van der Waals surface area contributed by atoms with Gasteiger partial charge in [0.1, 0.15) is 11.8 Å². The quantitative estimate of drug-likeness (QED) is 0.448. The number of amides is 1. The largest absolute Gasteiger partial charge is 0.495 e. The second-order valence-electron chi connectivity index (χ2n) is 7.41. The van der Waals surface area contributed by atoms with E-state index in [4.69, 9.17) is 4.74 Å². The maximum atomic E-state index is 13.3. The molecule has 0 radical (unpaired) electrons. The monoisotopic (exact) mass is 455 g/mol. The lowest BCUT2D eigenvalue weighted by molar-refractivity contribution is -0.384. The highest BCUT2D eigenvalue weighted by atomic mass is 32.2. The van der Waals surface area contributed by atoms with E-state index in [9.17, 15) is 23.3 Å². The van der Waals surface area contributed by atoms with E-state index >= 15 is 0 Å². The van der Waals surface area contributed by atoms with E-state index in [1.807, 2.05) is 24.3 Å². The number of sulfonamides is 1. The summed E-state index contributed by atoms with van der Waals surface area (Å²) in [5.41, 5.74) is -0.102. The number of hydrogen-bond donors (Lipinski definition) is 1. The first kappa shape index (κ1) is 21.7. The van der Waals surface area contributed by atoms with Crippen molar-refractivity contribution < 1.29 is 22.9 Å². The molecule has 9 nitrogen and oxygen atoms in total. The SMILES string of the molecule is COc1ccc([N+](=O)[O-])cc1NC(=O)[C@@H]1CCCN1S(=O)(=O)c1ccc2ccccc2c1. The zero-order valence-corrected chi connectivity index (χ0v) is 18.0. The van der Waals surface area contributed by atoms with Crippen molar-refractivity contribution in [3.8, 4) is 5.75 Å². The number of carbonyl (C=O) groups is 1. The van der Waals surface area contributed by atoms with Gasteiger partial charge in [0, 0.05) is 18.7 Å². The molecule has 1 aliphatic heterocycles. The number of nitrogens with one attached hydrogen (secondary N) is 1. The summed E-state index contributed by atoms with van der Waals surface area (Å²) in [5.74, 6) is -0.323. The standard InChI is InChI=1S/C22H21N3O6S/c1-31-21-11-9-17(25(27)28)14-19(21)23-22(26)20-7-4-12-24(20)32(29,30)18-10-8-15-5-2-3-6-16(15)13-18/h2-3,5-6,8-11,13-14,20H,4,7,12H2,1H3,(H,23,26)/t20-/m0/s1. The van der Waals surface area contributed by atoms with Crippen LogP contribution >= 0.6 is 0 Å². The van der Waals surface area contributed by atoms with Crippen LogP contribution in [0.2, 0.25) is 0 Å². The van der Waals surface area contributed by atoms with Crippen LogP contribution in [0.15, 0.2) is 65.6 Å². The molecule has 1 N–H and O–H groups in total. The number of ether oxygens (including phenoxy) is 1. The molecular weight excluding hydrogens is 434 g/mol. The molecule has 1 heterocycles. The van der Waals surface area contributed by atoms with Gasteiger partial charge in [-0.2, -0.15) is 4.31 Å². The third kappa shape index (κ3) is 4.02. The number of carbonyl (C=O) groups excluding carboxylic acids is 1. The molecule has 1 aliphatic rings. The molecule has 3 aromatic carbocycles. The van der Waals surface area contributed by atoms with Crippen LogP contribution in [0.4, 0.5) is 11.4 Å². The third-order valence-electron chi connectivity index (χ3n) is 5.49. The Labute approximate surface area is 184 Å². The van der Waals surface area contributed by atoms with Crippen LogP contribution in [0, 0.1) is 10.1 Å². The second kappa shape index (κ2) is 8.56. The van der Waals surface area contributed by atoms with E-state index in [-0.39, 0.29) is 28.6 Å². The van der Waals surface area contributed by atoms with Crippen LogP contribution in [-0.4, -0.2) is 43.2 Å². The van der Waals surface area contributed by atoms with Crippen LogP contribution in [-0.2, 0) is 14.8 Å². The van der Waals surface area contributed by atoms with Crippen LogP contribution in [0.3, 0.4) is 0 Å². The lowest BCUT2D eigenvalue weighted by Crippen LogP contribution is -2.43. The topological polar surface area (TPSA) is 119 Å². The lowest BCUT2D eigenvalue weighted by atomic mass is 10.1. The number of benzene rings is 3. The van der Waals surface area contributed by atoms with E-state index in [0.29, 0.717) is 12.8 Å². The predicted molar refractivity (Wildman–Crippen MR) is 119 cm³/mol. The summed E-state index contributed by atoms with van der Waals surface area (Å²) in [4.78, 5) is 23.6. The highest BCUT2D eigenvalue weighted by molar-refractivity contribution is 7.89. The number of anilines is 1. The van der Waals surface area contributed by atoms with Gasteiger partial charge in [-0.15, -0.1) is 0 Å². The molecule has 0 spiro atoms. The van der Waals surface area contributed by atoms with Gasteiger partial charge in [-0.25, -0.2) is 8.42 Å². The molecule has 0 aromatic heterocycles. The molecule has 32 heavy (non-hydrogen) atoms. The van der Waals surface area contributed by atoms with Gasteiger partial charge in [0.2, 0.25) is 15.9 Å². The first-order valence-electron chi connectivity index (χ1n) is 9.95. The van der Waals surface area contributed by atoms with Gasteiger partial charge in [0.05, 0.1) is 22.6 Å². The maximum absolute atomic E-state index is 13.3. The van der Waals surface area contributed by atoms with Crippen molar-refractivity contribution in [3.63, 3.8) is 0 Å². The van der Waals surface area contributed by atoms with Crippen molar-refractivity contribution in [1.29, 1.82) is 0 Å². The first-order chi connectivity index (χ1) is 15.3. The third-order valence-corrected chi connectivity index (χ3v) is 7.39. The number of methoxy groups -OCH3 is 1. The molecule has 1 saturated heterocycles. The number of fused-ring (bicyclic) bond motifs is 1. The van der Waals surface area contributed by atoms with Crippen molar-refractivity contribution >= 4 is 38.1 Å². The molecule has 1 amide bonds. The number of nitro benzene ring substituents is 1. The molecule has 0 aliphatic carbocycles. The first-order valence-corrected chi connectivity index (χ1v) is 11.4. The Kier molecular flexibility index (Phi) is 5.81. The minimum atomic E-state index is -3.92. The van der Waals surface area contributed by atoms with Gasteiger partial charge in [-0.3, -0.25) is 14.9 Å². The fraction of sp³-hybridized carbons (Fsp3) is 0.227. The Morgan fingerprint density at radius 3 is 2.59 bits per heavy atom. The van der Waals surface area contributed by atoms with Gasteiger partial charge in [-0.05, 0) is 41.8 Å². The van der Waals surface area contributed by atoms with Crippen LogP contribution in [0.25, 0.3) is 10.8 Å². The Hall–Kier alpha value is -3.50. The van der Waals surface area contributed by atoms with Crippen molar-refractivity contribution in [2.45, 2.75) is 23.8 Å². The van der Waals surface area contributed by atoms with E-state index in [1.54, 1.807) is 12.1 Å². The summed E-state index contributed by atoms with van der Waals surface area (Å²) in [6, 6.07) is 15.2. The van der Waals surface area contributed by atoms with E-state index in [1.165, 1.54) is 35.7 Å². The zero-order valence-electron chi connectivity index (χ0n) is 17.2. The number of non-ortho nitro benzene ring substituents is 1. The van der Waals surface area contributed by atoms with E-state index in [2.05, 4.69) is 5.32 Å². The minimum absolute atomic E-state index is 0.113. The Balaban J connectivity index is 1.62. The Morgan fingerprint density at radius 2 is 1.88 bits per heavy atom. The number of nitrogens with zero attached hydrogens (tertiary/aromatic N) is 2. The fourth-order valence-corrected chi connectivity index (χ4v) is 5.57. The zero-order chi connectivity index (χ0) is 22.9. The van der Waals surface area contributed by atoms with Gasteiger partial charge >= 0.3 is 0 Å². The molecule has 0 bridgehead atoms. The van der Waals surface area contributed by atoms with E-state index in [0.717, 1.165) is 10.8 Å². The Morgan fingerprint density at radius 1 is 1.12 bits per heavy atom. The van der Waals surface area contributed by atoms with Crippen LogP contribution < -0.4 is 10.1 Å². The maximum Gasteiger partial charge on any atom is 0.271 e. The highest BCUT2D eigenvalue weighted by Gasteiger charge is 2.39. The summed E-state index contributed by atoms with van der Waals surface area (Å²) in [5, 5.41) is 15.4. The average Bonchev–Trinajstić information content (AvgIpc) is 3.30. The van der Waals surface area contributed by atoms with Crippen molar-refractivity contribution in [2.24, 2.45) is 0 Å². The summed E-state index contributed by atoms with van der Waals surface area (Å²) < 4.78 is 33.1. The smallest absolute Gasteiger partial charge is 0.271 e. The minimum Gasteiger partial charge on any atom is -0.495 e. The van der Waals surface area contributed by atoms with Gasteiger partial charge in [-0.1, -0.05) is 30.3 Å². The molecule has 166 valence electrons. The number of rotatable bonds is 6. The molecule has 1 atom stereocenters. The molecule has 1 fully saturated rings. The van der Waals surface area contributed by atoms with Crippen molar-refractivity contribution in [1.82, 2.24) is 4.31 Å². The van der Waals surface area contributed by atoms with Crippen molar-refractivity contribution in [2.75, 3.05) is 19.0 Å².